The Morgan fingerprint density at radius 2 is 0.603 bits per heavy atom. The summed E-state index contributed by atoms with van der Waals surface area (Å²) in [5, 5.41) is 0. The normalized spacial score (nSPS) is 11.4. The average molecular weight is 1040 g/mol. The third kappa shape index (κ3) is 44.3. The van der Waals surface area contributed by atoms with Crippen LogP contribution in [-0.4, -0.2) is 11.9 Å². The van der Waals surface area contributed by atoms with E-state index in [0.717, 1.165) is 87.7 Å². The Morgan fingerprint density at radius 3 is 0.945 bits per heavy atom. The van der Waals surface area contributed by atoms with Crippen LogP contribution in [0.5, 0.6) is 0 Å². The minimum atomic E-state index is 0. The Labute approximate surface area is 465 Å². The molecular weight excluding hydrogens is 927 g/mol. The summed E-state index contributed by atoms with van der Waals surface area (Å²) >= 11 is 0. The minimum Gasteiger partial charge on any atom is -0.255 e. The summed E-state index contributed by atoms with van der Waals surface area (Å²) in [6.45, 7) is 6.87. The van der Waals surface area contributed by atoms with Gasteiger partial charge in [-0.25, -0.2) is 0 Å². The molecule has 0 saturated carbocycles. The summed E-state index contributed by atoms with van der Waals surface area (Å²) in [4.78, 5) is 10.3. The Morgan fingerprint density at radius 1 is 0.329 bits per heavy atom. The topological polar surface area (TPSA) is 24.7 Å². The zero-order valence-corrected chi connectivity index (χ0v) is 49.5. The van der Waals surface area contributed by atoms with E-state index in [0.29, 0.717) is 0 Å². The number of aryl methyl sites for hydroxylation is 2. The predicted molar refractivity (Wildman–Crippen MR) is 325 cm³/mol. The van der Waals surface area contributed by atoms with Gasteiger partial charge in [0.25, 0.3) is 0 Å². The minimum absolute atomic E-state index is 0. The van der Waals surface area contributed by atoms with E-state index in [9.17, 15) is 0 Å². The molecule has 0 aliphatic carbocycles. The van der Waals surface area contributed by atoms with Crippen molar-refractivity contribution in [3.05, 3.63) is 59.7 Å². The molecule has 2 nitrogen and oxygen atoms in total. The van der Waals surface area contributed by atoms with E-state index >= 15 is 0 Å². The van der Waals surface area contributed by atoms with Crippen LogP contribution >= 0.6 is 0 Å². The Kier molecular flexibility index (Phi) is 52.1. The first-order valence-electron chi connectivity index (χ1n) is 32.0. The van der Waals surface area contributed by atoms with Crippen molar-refractivity contribution in [3.8, 4) is 23.7 Å². The second kappa shape index (κ2) is 55.6. The molecule has 0 fully saturated rings. The molecule has 2 rings (SSSR count). The molecule has 0 N–H and O–H groups in total. The molecule has 73 heavy (non-hydrogen) atoms. The molecule has 0 saturated heterocycles. The maximum absolute atomic E-state index is 5.23. The summed E-state index contributed by atoms with van der Waals surface area (Å²) in [6, 6.07) is 17.4. The molecule has 0 aliphatic heterocycles. The van der Waals surface area contributed by atoms with Gasteiger partial charge in [-0.15, -0.1) is 23.7 Å². The fraction of sp³-hybridized carbons (Fsp3) is 0.743. The van der Waals surface area contributed by atoms with Gasteiger partial charge >= 0.3 is 0 Å². The Hall–Kier alpha value is -2.61. The molecule has 0 unspecified atom stereocenters. The largest absolute Gasteiger partial charge is 0.255 e. The second-order valence-corrected chi connectivity index (χ2v) is 21.9. The summed E-state index contributed by atoms with van der Waals surface area (Å²) < 4.78 is 0. The zero-order valence-electron chi connectivity index (χ0n) is 48.6. The van der Waals surface area contributed by atoms with Gasteiger partial charge in [0.2, 0.25) is 0 Å². The van der Waals surface area contributed by atoms with Crippen molar-refractivity contribution >= 4 is 23.3 Å². The number of aliphatic imine (C=N–C) groups is 2. The van der Waals surface area contributed by atoms with Crippen molar-refractivity contribution in [2.24, 2.45) is 9.98 Å². The summed E-state index contributed by atoms with van der Waals surface area (Å²) in [5.74, 6) is 13.9. The van der Waals surface area contributed by atoms with Gasteiger partial charge in [0, 0.05) is 48.4 Å². The number of benzene rings is 2. The van der Waals surface area contributed by atoms with Crippen molar-refractivity contribution in [2.75, 3.05) is 0 Å². The predicted octanol–water partition coefficient (Wildman–Crippen LogP) is 23.6. The van der Waals surface area contributed by atoms with E-state index < -0.39 is 0 Å². The van der Waals surface area contributed by atoms with Crippen molar-refractivity contribution in [1.82, 2.24) is 0 Å². The first kappa shape index (κ1) is 68.4. The van der Waals surface area contributed by atoms with Crippen LogP contribution in [0.25, 0.3) is 0 Å². The standard InChI is InChI=1S/C70H116N2.Ni/c1-4-7-10-12-14-16-18-20-22-24-26-28-30-32-34-36-38-40-42-44-46-48-50-52-58-66-60-54-56-63-69(66)71-65-68(62-9-6-3)72-70-64-57-55-61-67(70)59-53-51-49-47-45-43-41-39-37-35-33-31-29-27-25-23-21-19-17-15-13-11-8-5-2;/h54-57,60-61,63-65H,4-45,50-53,58-59,62H2,1-3H3;. The smallest absolute Gasteiger partial charge is 0.0665 e. The summed E-state index contributed by atoms with van der Waals surface area (Å²) in [5.41, 5.74) is 5.85. The molecule has 0 amide bonds. The summed E-state index contributed by atoms with van der Waals surface area (Å²) in [7, 11) is 0. The molecular formula is C70H116N2Ni. The second-order valence-electron chi connectivity index (χ2n) is 21.9. The number of hydrogen-bond acceptors (Lipinski definition) is 2. The van der Waals surface area contributed by atoms with E-state index in [4.69, 9.17) is 9.98 Å². The number of rotatable bonds is 50. The van der Waals surface area contributed by atoms with Gasteiger partial charge in [-0.3, -0.25) is 9.98 Å². The molecule has 2 aromatic rings. The number of hydrogen-bond donors (Lipinski definition) is 0. The van der Waals surface area contributed by atoms with E-state index in [2.05, 4.69) is 93.0 Å². The van der Waals surface area contributed by atoms with Crippen molar-refractivity contribution in [3.63, 3.8) is 0 Å². The SMILES string of the molecule is CCCCCCCCCCCCCCCCCCCCCC#CCCCc1ccccc1N=CC(CCCC)=Nc1ccccc1CCCC#CCCCCCCCCCCCCCCCCCCCCC.[Ni]. The molecule has 3 heteroatoms. The fourth-order valence-electron chi connectivity index (χ4n) is 10.2. The van der Waals surface area contributed by atoms with Crippen molar-refractivity contribution in [2.45, 2.75) is 335 Å². The van der Waals surface area contributed by atoms with Crippen LogP contribution in [0.15, 0.2) is 58.5 Å². The van der Waals surface area contributed by atoms with Gasteiger partial charge in [-0.05, 0) is 74.6 Å². The molecule has 0 heterocycles. The van der Waals surface area contributed by atoms with Crippen LogP contribution in [-0.2, 0) is 29.3 Å². The van der Waals surface area contributed by atoms with E-state index in [1.54, 1.807) is 0 Å². The quantitative estimate of drug-likeness (QED) is 0.0273. The number of para-hydroxylation sites is 2. The molecule has 416 valence electrons. The van der Waals surface area contributed by atoms with Gasteiger partial charge in [0.15, 0.2) is 0 Å². The van der Waals surface area contributed by atoms with E-state index in [1.165, 1.54) is 255 Å². The van der Waals surface area contributed by atoms with Crippen LogP contribution in [0, 0.1) is 23.7 Å². The first-order chi connectivity index (χ1) is 35.8. The molecule has 2 aromatic carbocycles. The van der Waals surface area contributed by atoms with Crippen LogP contribution in [0.4, 0.5) is 11.4 Å². The van der Waals surface area contributed by atoms with Crippen molar-refractivity contribution < 1.29 is 16.5 Å². The third-order valence-corrected chi connectivity index (χ3v) is 14.9. The van der Waals surface area contributed by atoms with Crippen LogP contribution < -0.4 is 0 Å². The van der Waals surface area contributed by atoms with E-state index in [-0.39, 0.29) is 16.5 Å². The Balaban J connectivity index is 0.0000266. The fourth-order valence-corrected chi connectivity index (χ4v) is 10.2. The molecule has 0 spiro atoms. The molecule has 0 atom stereocenters. The Bertz CT molecular complexity index is 1670. The van der Waals surface area contributed by atoms with Crippen molar-refractivity contribution in [1.29, 1.82) is 0 Å². The monoisotopic (exact) mass is 1040 g/mol. The van der Waals surface area contributed by atoms with Gasteiger partial charge in [-0.2, -0.15) is 0 Å². The average Bonchev–Trinajstić information content (AvgIpc) is 3.40. The summed E-state index contributed by atoms with van der Waals surface area (Å²) in [6.07, 6.45) is 67.6. The number of nitrogens with zero attached hydrogens (tertiary/aromatic N) is 2. The van der Waals surface area contributed by atoms with Gasteiger partial charge < -0.3 is 0 Å². The number of unbranched alkanes of at least 4 members (excludes halogenated alkanes) is 41. The molecule has 0 aromatic heterocycles. The third-order valence-electron chi connectivity index (χ3n) is 14.9. The van der Waals surface area contributed by atoms with Crippen LogP contribution in [0.3, 0.4) is 0 Å². The molecule has 0 aliphatic rings. The molecule has 0 radical (unpaired) electrons. The first-order valence-corrected chi connectivity index (χ1v) is 32.0. The maximum atomic E-state index is 5.23. The van der Waals surface area contributed by atoms with Crippen LogP contribution in [0.1, 0.15) is 334 Å². The zero-order chi connectivity index (χ0) is 51.1. The van der Waals surface area contributed by atoms with E-state index in [1.807, 2.05) is 6.21 Å². The van der Waals surface area contributed by atoms with Gasteiger partial charge in [-0.1, -0.05) is 295 Å². The molecule has 0 bridgehead atoms. The van der Waals surface area contributed by atoms with Gasteiger partial charge in [0.1, 0.15) is 0 Å². The van der Waals surface area contributed by atoms with Gasteiger partial charge in [0.05, 0.1) is 17.1 Å². The maximum Gasteiger partial charge on any atom is 0.0665 e. The van der Waals surface area contributed by atoms with Crippen LogP contribution in [0.2, 0.25) is 0 Å².